The van der Waals surface area contributed by atoms with Crippen LogP contribution in [-0.4, -0.2) is 17.1 Å². The van der Waals surface area contributed by atoms with Crippen molar-refractivity contribution < 1.29 is 9.90 Å². The Hall–Kier alpha value is -1.51. The van der Waals surface area contributed by atoms with Gasteiger partial charge in [0.1, 0.15) is 0 Å². The summed E-state index contributed by atoms with van der Waals surface area (Å²) < 4.78 is 0. The lowest BCUT2D eigenvalue weighted by atomic mass is 9.85. The van der Waals surface area contributed by atoms with E-state index in [1.165, 1.54) is 25.7 Å². The number of anilines is 1. The fourth-order valence-corrected chi connectivity index (χ4v) is 2.75. The molecule has 1 aromatic rings. The highest BCUT2D eigenvalue weighted by atomic mass is 16.4. The molecule has 0 bridgehead atoms. The highest BCUT2D eigenvalue weighted by Gasteiger charge is 2.22. The molecule has 2 atom stereocenters. The topological polar surface area (TPSA) is 49.3 Å². The van der Waals surface area contributed by atoms with Gasteiger partial charge in [-0.25, -0.2) is 4.79 Å². The summed E-state index contributed by atoms with van der Waals surface area (Å²) in [5.41, 5.74) is 2.19. The molecule has 1 fully saturated rings. The Morgan fingerprint density at radius 3 is 2.72 bits per heavy atom. The summed E-state index contributed by atoms with van der Waals surface area (Å²) >= 11 is 0. The predicted octanol–water partition coefficient (Wildman–Crippen LogP) is 3.68. The van der Waals surface area contributed by atoms with Crippen molar-refractivity contribution >= 4 is 11.7 Å². The fourth-order valence-electron chi connectivity index (χ4n) is 2.75. The third kappa shape index (κ3) is 2.66. The van der Waals surface area contributed by atoms with Crippen molar-refractivity contribution in [3.8, 4) is 0 Å². The second-order valence-electron chi connectivity index (χ2n) is 5.30. The Morgan fingerprint density at radius 1 is 1.33 bits per heavy atom. The van der Waals surface area contributed by atoms with Crippen molar-refractivity contribution in [2.45, 2.75) is 45.6 Å². The first-order chi connectivity index (χ1) is 8.59. The van der Waals surface area contributed by atoms with Gasteiger partial charge < -0.3 is 10.4 Å². The molecule has 0 saturated heterocycles. The van der Waals surface area contributed by atoms with Crippen molar-refractivity contribution in [1.82, 2.24) is 0 Å². The number of carboxylic acid groups (broad SMARTS) is 1. The summed E-state index contributed by atoms with van der Waals surface area (Å²) in [6.07, 6.45) is 5.01. The average molecular weight is 247 g/mol. The fraction of sp³-hybridized carbons (Fsp3) is 0.533. The minimum atomic E-state index is -0.854. The Balaban J connectivity index is 2.18. The minimum absolute atomic E-state index is 0.392. The maximum Gasteiger partial charge on any atom is 0.336 e. The highest BCUT2D eigenvalue weighted by molar-refractivity contribution is 5.91. The van der Waals surface area contributed by atoms with E-state index >= 15 is 0 Å². The molecule has 0 aliphatic heterocycles. The molecular weight excluding hydrogens is 226 g/mol. The normalized spacial score (nSPS) is 23.7. The van der Waals surface area contributed by atoms with Crippen molar-refractivity contribution in [3.05, 3.63) is 29.3 Å². The monoisotopic (exact) mass is 247 g/mol. The van der Waals surface area contributed by atoms with E-state index in [9.17, 15) is 4.79 Å². The number of hydrogen-bond acceptors (Lipinski definition) is 2. The number of carboxylic acids is 1. The van der Waals surface area contributed by atoms with Gasteiger partial charge >= 0.3 is 5.97 Å². The van der Waals surface area contributed by atoms with Crippen molar-refractivity contribution in [2.75, 3.05) is 5.32 Å². The van der Waals surface area contributed by atoms with E-state index in [-0.39, 0.29) is 0 Å². The van der Waals surface area contributed by atoms with Gasteiger partial charge in [0.2, 0.25) is 0 Å². The zero-order valence-electron chi connectivity index (χ0n) is 11.1. The molecule has 1 saturated carbocycles. The first kappa shape index (κ1) is 12.9. The van der Waals surface area contributed by atoms with E-state index in [0.29, 0.717) is 17.5 Å². The van der Waals surface area contributed by atoms with Crippen LogP contribution in [0.1, 0.15) is 48.5 Å². The van der Waals surface area contributed by atoms with Crippen LogP contribution in [0.2, 0.25) is 0 Å². The van der Waals surface area contributed by atoms with E-state index < -0.39 is 5.97 Å². The number of rotatable bonds is 3. The van der Waals surface area contributed by atoms with Crippen LogP contribution in [0, 0.1) is 12.8 Å². The van der Waals surface area contributed by atoms with Crippen LogP contribution in [0.25, 0.3) is 0 Å². The van der Waals surface area contributed by atoms with Gasteiger partial charge in [-0.2, -0.15) is 0 Å². The van der Waals surface area contributed by atoms with Crippen LogP contribution in [0.15, 0.2) is 18.2 Å². The lowest BCUT2D eigenvalue weighted by Crippen LogP contribution is -2.30. The van der Waals surface area contributed by atoms with Crippen LogP contribution < -0.4 is 5.32 Å². The average Bonchev–Trinajstić information content (AvgIpc) is 2.34. The predicted molar refractivity (Wildman–Crippen MR) is 73.2 cm³/mol. The van der Waals surface area contributed by atoms with E-state index in [1.807, 2.05) is 19.1 Å². The molecule has 0 radical (unpaired) electrons. The van der Waals surface area contributed by atoms with Crippen molar-refractivity contribution in [2.24, 2.45) is 5.92 Å². The van der Waals surface area contributed by atoms with Crippen LogP contribution in [-0.2, 0) is 0 Å². The van der Waals surface area contributed by atoms with Gasteiger partial charge in [-0.15, -0.1) is 0 Å². The molecule has 3 nitrogen and oxygen atoms in total. The van der Waals surface area contributed by atoms with Gasteiger partial charge in [0, 0.05) is 11.7 Å². The Kier molecular flexibility index (Phi) is 3.90. The first-order valence-electron chi connectivity index (χ1n) is 6.69. The first-order valence-corrected chi connectivity index (χ1v) is 6.69. The van der Waals surface area contributed by atoms with E-state index in [0.717, 1.165) is 11.3 Å². The minimum Gasteiger partial charge on any atom is -0.478 e. The number of carbonyl (C=O) groups is 1. The van der Waals surface area contributed by atoms with E-state index in [2.05, 4.69) is 12.2 Å². The summed E-state index contributed by atoms with van der Waals surface area (Å²) in [5, 5.41) is 12.7. The Morgan fingerprint density at radius 2 is 2.06 bits per heavy atom. The van der Waals surface area contributed by atoms with Gasteiger partial charge in [0.15, 0.2) is 0 Å². The van der Waals surface area contributed by atoms with Crippen molar-refractivity contribution in [1.29, 1.82) is 0 Å². The van der Waals surface area contributed by atoms with Gasteiger partial charge in [0.05, 0.1) is 5.56 Å². The molecular formula is C15H21NO2. The zero-order valence-corrected chi connectivity index (χ0v) is 11.1. The molecule has 0 heterocycles. The number of benzene rings is 1. The number of nitrogens with one attached hydrogen (secondary N) is 1. The quantitative estimate of drug-likeness (QED) is 0.856. The molecule has 1 aliphatic carbocycles. The Labute approximate surface area is 108 Å². The molecule has 2 rings (SSSR count). The molecule has 1 aromatic carbocycles. The Bertz CT molecular complexity index is 442. The third-order valence-corrected chi connectivity index (χ3v) is 4.02. The summed E-state index contributed by atoms with van der Waals surface area (Å²) in [7, 11) is 0. The van der Waals surface area contributed by atoms with Gasteiger partial charge in [-0.3, -0.25) is 0 Å². The standard InChI is InChI=1S/C15H21NO2/c1-10-6-3-4-8-13(10)16-14-9-5-7-12(11(14)2)15(17)18/h5,7,9-10,13,16H,3-4,6,8H2,1-2H3,(H,17,18). The largest absolute Gasteiger partial charge is 0.478 e. The summed E-state index contributed by atoms with van der Waals surface area (Å²) in [4.78, 5) is 11.1. The second kappa shape index (κ2) is 5.42. The molecule has 0 amide bonds. The van der Waals surface area contributed by atoms with Crippen molar-refractivity contribution in [3.63, 3.8) is 0 Å². The van der Waals surface area contributed by atoms with Crippen LogP contribution in [0.4, 0.5) is 5.69 Å². The summed E-state index contributed by atoms with van der Waals surface area (Å²) in [5.74, 6) is -0.195. The molecule has 1 aliphatic rings. The molecule has 98 valence electrons. The van der Waals surface area contributed by atoms with Crippen LogP contribution in [0.3, 0.4) is 0 Å². The lowest BCUT2D eigenvalue weighted by Gasteiger charge is -2.31. The number of aromatic carboxylic acids is 1. The molecule has 2 N–H and O–H groups in total. The third-order valence-electron chi connectivity index (χ3n) is 4.02. The van der Waals surface area contributed by atoms with E-state index in [1.54, 1.807) is 6.07 Å². The molecule has 0 spiro atoms. The zero-order chi connectivity index (χ0) is 13.1. The summed E-state index contributed by atoms with van der Waals surface area (Å²) in [6.45, 7) is 4.15. The van der Waals surface area contributed by atoms with Crippen LogP contribution >= 0.6 is 0 Å². The van der Waals surface area contributed by atoms with Crippen LogP contribution in [0.5, 0.6) is 0 Å². The number of hydrogen-bond donors (Lipinski definition) is 2. The van der Waals surface area contributed by atoms with Gasteiger partial charge in [0.25, 0.3) is 0 Å². The SMILES string of the molecule is Cc1c(NC2CCCCC2C)cccc1C(=O)O. The van der Waals surface area contributed by atoms with E-state index in [4.69, 9.17) is 5.11 Å². The van der Waals surface area contributed by atoms with Gasteiger partial charge in [-0.05, 0) is 43.4 Å². The molecule has 3 heteroatoms. The second-order valence-corrected chi connectivity index (χ2v) is 5.30. The maximum absolute atomic E-state index is 11.1. The van der Waals surface area contributed by atoms with Gasteiger partial charge in [-0.1, -0.05) is 25.8 Å². The summed E-state index contributed by atoms with van der Waals surface area (Å²) in [6, 6.07) is 5.92. The maximum atomic E-state index is 11.1. The molecule has 0 aromatic heterocycles. The lowest BCUT2D eigenvalue weighted by molar-refractivity contribution is 0.0696. The highest BCUT2D eigenvalue weighted by Crippen LogP contribution is 2.28. The molecule has 18 heavy (non-hydrogen) atoms. The molecule has 2 unspecified atom stereocenters. The smallest absolute Gasteiger partial charge is 0.336 e.